The number of hydrogen-bond acceptors (Lipinski definition) is 4. The third-order valence-electron chi connectivity index (χ3n) is 5.52. The van der Waals surface area contributed by atoms with Crippen LogP contribution in [0.2, 0.25) is 0 Å². The van der Waals surface area contributed by atoms with Crippen LogP contribution < -0.4 is 10.6 Å². The van der Waals surface area contributed by atoms with E-state index < -0.39 is 0 Å². The zero-order chi connectivity index (χ0) is 21.2. The molecule has 0 fully saturated rings. The van der Waals surface area contributed by atoms with E-state index in [1.54, 1.807) is 4.52 Å². The van der Waals surface area contributed by atoms with Crippen LogP contribution in [0.15, 0.2) is 67.1 Å². The normalized spacial score (nSPS) is 13.4. The fourth-order valence-corrected chi connectivity index (χ4v) is 3.84. The van der Waals surface area contributed by atoms with Crippen LogP contribution in [0.5, 0.6) is 0 Å². The number of anilines is 1. The summed E-state index contributed by atoms with van der Waals surface area (Å²) < 4.78 is 1.72. The zero-order valence-electron chi connectivity index (χ0n) is 16.8. The van der Waals surface area contributed by atoms with Crippen molar-refractivity contribution in [2.45, 2.75) is 25.8 Å². The van der Waals surface area contributed by atoms with Crippen LogP contribution in [0.3, 0.4) is 0 Å². The quantitative estimate of drug-likeness (QED) is 0.540. The molecule has 7 nitrogen and oxygen atoms in total. The number of benzene rings is 2. The number of pyridine rings is 1. The van der Waals surface area contributed by atoms with E-state index in [0.717, 1.165) is 45.6 Å². The summed E-state index contributed by atoms with van der Waals surface area (Å²) in [4.78, 5) is 28.3. The van der Waals surface area contributed by atoms with Crippen LogP contribution in [0.4, 0.5) is 5.69 Å². The number of carbonyl (C=O) groups is 2. The standard InChI is InChI=1S/C24H21N5O2/c30-23-8-6-18-5-7-21(12-20(18)14-25-23)28-24(31)11-16-1-3-17(4-2-16)19-9-10-29-22(13-19)26-15-27-29/h1-5,7,9-10,12-13,15H,6,8,11,14H2,(H,25,30)(H,28,31). The minimum atomic E-state index is -0.0739. The lowest BCUT2D eigenvalue weighted by Crippen LogP contribution is -2.20. The van der Waals surface area contributed by atoms with E-state index in [1.165, 1.54) is 6.33 Å². The van der Waals surface area contributed by atoms with Gasteiger partial charge in [-0.3, -0.25) is 9.59 Å². The maximum absolute atomic E-state index is 12.5. The molecule has 154 valence electrons. The van der Waals surface area contributed by atoms with Gasteiger partial charge in [0.05, 0.1) is 6.42 Å². The molecule has 0 unspecified atom stereocenters. The first-order chi connectivity index (χ1) is 15.1. The average molecular weight is 411 g/mol. The highest BCUT2D eigenvalue weighted by Gasteiger charge is 2.13. The molecule has 0 radical (unpaired) electrons. The van der Waals surface area contributed by atoms with Crippen molar-refractivity contribution in [1.29, 1.82) is 0 Å². The number of aryl methyl sites for hydroxylation is 1. The Bertz CT molecular complexity index is 1280. The van der Waals surface area contributed by atoms with E-state index in [4.69, 9.17) is 0 Å². The minimum absolute atomic E-state index is 0.0617. The number of nitrogens with zero attached hydrogens (tertiary/aromatic N) is 3. The highest BCUT2D eigenvalue weighted by Crippen LogP contribution is 2.22. The van der Waals surface area contributed by atoms with E-state index >= 15 is 0 Å². The zero-order valence-corrected chi connectivity index (χ0v) is 16.8. The van der Waals surface area contributed by atoms with E-state index in [9.17, 15) is 9.59 Å². The van der Waals surface area contributed by atoms with Crippen LogP contribution in [-0.4, -0.2) is 26.4 Å². The summed E-state index contributed by atoms with van der Waals surface area (Å²) in [6.45, 7) is 0.500. The van der Waals surface area contributed by atoms with Gasteiger partial charge in [0.25, 0.3) is 0 Å². The minimum Gasteiger partial charge on any atom is -0.352 e. The van der Waals surface area contributed by atoms with Gasteiger partial charge in [0.15, 0.2) is 5.65 Å². The van der Waals surface area contributed by atoms with E-state index in [-0.39, 0.29) is 18.2 Å². The number of amides is 2. The van der Waals surface area contributed by atoms with Crippen molar-refractivity contribution in [3.8, 4) is 11.1 Å². The molecule has 2 N–H and O–H groups in total. The van der Waals surface area contributed by atoms with Crippen LogP contribution in [0.25, 0.3) is 16.8 Å². The topological polar surface area (TPSA) is 88.4 Å². The van der Waals surface area contributed by atoms with Gasteiger partial charge in [0.2, 0.25) is 11.8 Å². The molecule has 0 saturated carbocycles. The summed E-state index contributed by atoms with van der Waals surface area (Å²) in [5.41, 5.74) is 6.79. The number of carbonyl (C=O) groups excluding carboxylic acids is 2. The maximum atomic E-state index is 12.5. The van der Waals surface area contributed by atoms with Crippen molar-refractivity contribution in [2.75, 3.05) is 5.32 Å². The molecule has 0 bridgehead atoms. The molecule has 1 aliphatic heterocycles. The number of fused-ring (bicyclic) bond motifs is 2. The molecule has 2 aromatic heterocycles. The molecule has 4 aromatic rings. The van der Waals surface area contributed by atoms with Crippen LogP contribution >= 0.6 is 0 Å². The Hall–Kier alpha value is -4.00. The molecule has 1 aliphatic rings. The van der Waals surface area contributed by atoms with Crippen molar-refractivity contribution in [3.05, 3.63) is 83.8 Å². The van der Waals surface area contributed by atoms with Gasteiger partial charge >= 0.3 is 0 Å². The summed E-state index contributed by atoms with van der Waals surface area (Å²) in [6, 6.07) is 17.8. The Morgan fingerprint density at radius 3 is 2.74 bits per heavy atom. The molecule has 0 saturated heterocycles. The Kier molecular flexibility index (Phi) is 4.92. The number of nitrogens with one attached hydrogen (secondary N) is 2. The van der Waals surface area contributed by atoms with Gasteiger partial charge in [-0.2, -0.15) is 5.10 Å². The molecule has 5 rings (SSSR count). The largest absolute Gasteiger partial charge is 0.352 e. The van der Waals surface area contributed by atoms with Gasteiger partial charge < -0.3 is 10.6 Å². The monoisotopic (exact) mass is 411 g/mol. The Morgan fingerprint density at radius 1 is 1.00 bits per heavy atom. The van der Waals surface area contributed by atoms with E-state index in [0.29, 0.717) is 13.0 Å². The van der Waals surface area contributed by atoms with Gasteiger partial charge in [-0.25, -0.2) is 9.50 Å². The smallest absolute Gasteiger partial charge is 0.228 e. The van der Waals surface area contributed by atoms with Gasteiger partial charge in [0, 0.05) is 24.8 Å². The molecular weight excluding hydrogens is 390 g/mol. The van der Waals surface area contributed by atoms with E-state index in [1.807, 2.05) is 60.8 Å². The van der Waals surface area contributed by atoms with Crippen molar-refractivity contribution < 1.29 is 9.59 Å². The number of hydrogen-bond donors (Lipinski definition) is 2. The highest BCUT2D eigenvalue weighted by atomic mass is 16.2. The second kappa shape index (κ2) is 8.02. The Morgan fingerprint density at radius 2 is 1.87 bits per heavy atom. The Labute approximate surface area is 179 Å². The number of aromatic nitrogens is 3. The lowest BCUT2D eigenvalue weighted by molar-refractivity contribution is -0.121. The van der Waals surface area contributed by atoms with Gasteiger partial charge in [0.1, 0.15) is 6.33 Å². The summed E-state index contributed by atoms with van der Waals surface area (Å²) in [7, 11) is 0. The van der Waals surface area contributed by atoms with Crippen molar-refractivity contribution in [3.63, 3.8) is 0 Å². The summed E-state index contributed by atoms with van der Waals surface area (Å²) in [5.74, 6) is -0.0122. The molecule has 7 heteroatoms. The third kappa shape index (κ3) is 4.16. The molecule has 2 aromatic carbocycles. The molecule has 0 atom stereocenters. The lowest BCUT2D eigenvalue weighted by Gasteiger charge is -2.10. The second-order valence-electron chi connectivity index (χ2n) is 7.66. The van der Waals surface area contributed by atoms with Crippen molar-refractivity contribution in [2.24, 2.45) is 0 Å². The second-order valence-corrected chi connectivity index (χ2v) is 7.66. The predicted octanol–water partition coefficient (Wildman–Crippen LogP) is 3.14. The molecule has 2 amide bonds. The van der Waals surface area contributed by atoms with Crippen LogP contribution in [-0.2, 0) is 29.0 Å². The third-order valence-corrected chi connectivity index (χ3v) is 5.52. The fourth-order valence-electron chi connectivity index (χ4n) is 3.84. The van der Waals surface area contributed by atoms with Crippen LogP contribution in [0.1, 0.15) is 23.1 Å². The summed E-state index contributed by atoms with van der Waals surface area (Å²) in [6.07, 6.45) is 4.93. The first-order valence-corrected chi connectivity index (χ1v) is 10.2. The fraction of sp³-hybridized carbons (Fsp3) is 0.167. The van der Waals surface area contributed by atoms with Crippen molar-refractivity contribution in [1.82, 2.24) is 19.9 Å². The Balaban J connectivity index is 1.25. The highest BCUT2D eigenvalue weighted by molar-refractivity contribution is 5.92. The molecular formula is C24H21N5O2. The maximum Gasteiger partial charge on any atom is 0.228 e. The first kappa shape index (κ1) is 19.0. The number of rotatable bonds is 4. The van der Waals surface area contributed by atoms with Gasteiger partial charge in [-0.1, -0.05) is 30.3 Å². The van der Waals surface area contributed by atoms with E-state index in [2.05, 4.69) is 20.7 Å². The van der Waals surface area contributed by atoms with Gasteiger partial charge in [-0.05, 0) is 58.5 Å². The lowest BCUT2D eigenvalue weighted by atomic mass is 10.0. The van der Waals surface area contributed by atoms with Crippen molar-refractivity contribution >= 4 is 23.1 Å². The van der Waals surface area contributed by atoms with Crippen LogP contribution in [0, 0.1) is 0 Å². The molecule has 0 spiro atoms. The predicted molar refractivity (Wildman–Crippen MR) is 117 cm³/mol. The summed E-state index contributed by atoms with van der Waals surface area (Å²) >= 11 is 0. The SMILES string of the molecule is O=C1CCc2ccc(NC(=O)Cc3ccc(-c4ccn5ncnc5c4)cc3)cc2CN1. The molecule has 31 heavy (non-hydrogen) atoms. The average Bonchev–Trinajstić information content (AvgIpc) is 3.17. The first-order valence-electron chi connectivity index (χ1n) is 10.2. The van der Waals surface area contributed by atoms with Gasteiger partial charge in [-0.15, -0.1) is 0 Å². The molecule has 3 heterocycles. The summed E-state index contributed by atoms with van der Waals surface area (Å²) in [5, 5.41) is 9.96. The molecule has 0 aliphatic carbocycles.